The number of fused-ring (bicyclic) bond motifs is 1. The molecule has 0 saturated carbocycles. The van der Waals surface area contributed by atoms with Crippen LogP contribution in [0.3, 0.4) is 0 Å². The first kappa shape index (κ1) is 13.0. The quantitative estimate of drug-likeness (QED) is 0.844. The molecule has 1 aromatic carbocycles. The number of hydrogen-bond acceptors (Lipinski definition) is 3. The van der Waals surface area contributed by atoms with Crippen LogP contribution in [-0.2, 0) is 17.6 Å². The molecule has 1 amide bonds. The van der Waals surface area contributed by atoms with Gasteiger partial charge in [0.1, 0.15) is 0 Å². The van der Waals surface area contributed by atoms with Gasteiger partial charge in [-0.3, -0.25) is 9.69 Å². The van der Waals surface area contributed by atoms with Crippen molar-refractivity contribution >= 4 is 22.4 Å². The van der Waals surface area contributed by atoms with Crippen molar-refractivity contribution in [2.24, 2.45) is 0 Å². The Morgan fingerprint density at radius 3 is 2.71 bits per heavy atom. The smallest absolute Gasteiger partial charge is 0.228 e. The maximum Gasteiger partial charge on any atom is 0.228 e. The Morgan fingerprint density at radius 2 is 1.90 bits per heavy atom. The summed E-state index contributed by atoms with van der Waals surface area (Å²) < 4.78 is 0. The minimum absolute atomic E-state index is 0.210. The van der Waals surface area contributed by atoms with E-state index in [1.54, 1.807) is 11.3 Å². The van der Waals surface area contributed by atoms with Gasteiger partial charge in [0.15, 0.2) is 5.13 Å². The Labute approximate surface area is 128 Å². The van der Waals surface area contributed by atoms with Gasteiger partial charge in [0.25, 0.3) is 0 Å². The molecule has 1 aromatic heterocycles. The first-order valence-electron chi connectivity index (χ1n) is 7.69. The fraction of sp³-hybridized carbons (Fsp3) is 0.412. The topological polar surface area (TPSA) is 33.2 Å². The molecule has 4 rings (SSSR count). The zero-order valence-electron chi connectivity index (χ0n) is 12.0. The molecule has 0 radical (unpaired) electrons. The fourth-order valence-electron chi connectivity index (χ4n) is 3.26. The van der Waals surface area contributed by atoms with Gasteiger partial charge in [-0.2, -0.15) is 0 Å². The van der Waals surface area contributed by atoms with Gasteiger partial charge < -0.3 is 0 Å². The molecule has 1 aliphatic heterocycles. The van der Waals surface area contributed by atoms with E-state index in [2.05, 4.69) is 28.6 Å². The number of aromatic nitrogens is 1. The number of aryl methyl sites for hydroxylation is 2. The highest BCUT2D eigenvalue weighted by Gasteiger charge is 2.24. The summed E-state index contributed by atoms with van der Waals surface area (Å²) in [5.41, 5.74) is 5.16. The first-order valence-corrected chi connectivity index (χ1v) is 8.57. The lowest BCUT2D eigenvalue weighted by Gasteiger charge is -2.16. The van der Waals surface area contributed by atoms with Gasteiger partial charge in [-0.05, 0) is 49.3 Å². The van der Waals surface area contributed by atoms with Crippen LogP contribution in [0.15, 0.2) is 23.6 Å². The molecule has 1 aliphatic carbocycles. The molecule has 108 valence electrons. The number of amides is 1. The number of nitrogens with zero attached hydrogens (tertiary/aromatic N) is 2. The summed E-state index contributed by atoms with van der Waals surface area (Å²) in [6.45, 7) is 0.815. The second-order valence-electron chi connectivity index (χ2n) is 5.85. The lowest BCUT2D eigenvalue weighted by molar-refractivity contribution is -0.117. The van der Waals surface area contributed by atoms with Crippen molar-refractivity contribution in [3.8, 4) is 11.3 Å². The van der Waals surface area contributed by atoms with Gasteiger partial charge in [-0.15, -0.1) is 11.3 Å². The van der Waals surface area contributed by atoms with Crippen LogP contribution in [0, 0.1) is 0 Å². The van der Waals surface area contributed by atoms with Crippen molar-refractivity contribution < 1.29 is 4.79 Å². The van der Waals surface area contributed by atoms with Gasteiger partial charge in [0, 0.05) is 23.9 Å². The van der Waals surface area contributed by atoms with E-state index in [4.69, 9.17) is 0 Å². The number of benzene rings is 1. The lowest BCUT2D eigenvalue weighted by atomic mass is 9.90. The van der Waals surface area contributed by atoms with Crippen molar-refractivity contribution in [3.63, 3.8) is 0 Å². The van der Waals surface area contributed by atoms with Crippen LogP contribution in [0.25, 0.3) is 11.3 Å². The minimum Gasteiger partial charge on any atom is -0.288 e. The normalized spacial score (nSPS) is 18.1. The summed E-state index contributed by atoms with van der Waals surface area (Å²) in [6.07, 6.45) is 6.61. The molecular weight excluding hydrogens is 280 g/mol. The average Bonchev–Trinajstić information content (AvgIpc) is 3.15. The van der Waals surface area contributed by atoms with Crippen molar-refractivity contribution in [1.29, 1.82) is 0 Å². The Bertz CT molecular complexity index is 692. The van der Waals surface area contributed by atoms with Gasteiger partial charge in [-0.1, -0.05) is 12.1 Å². The molecule has 0 N–H and O–H groups in total. The maximum atomic E-state index is 11.8. The molecule has 2 heterocycles. The van der Waals surface area contributed by atoms with Crippen molar-refractivity contribution in [2.75, 3.05) is 11.4 Å². The summed E-state index contributed by atoms with van der Waals surface area (Å²) in [5.74, 6) is 0.210. The monoisotopic (exact) mass is 298 g/mol. The molecule has 1 fully saturated rings. The fourth-order valence-corrected chi connectivity index (χ4v) is 4.14. The molecule has 21 heavy (non-hydrogen) atoms. The third-order valence-electron chi connectivity index (χ3n) is 4.44. The molecule has 4 heteroatoms. The highest BCUT2D eigenvalue weighted by molar-refractivity contribution is 7.14. The van der Waals surface area contributed by atoms with E-state index in [0.29, 0.717) is 6.42 Å². The average molecular weight is 298 g/mol. The van der Waals surface area contributed by atoms with Crippen molar-refractivity contribution in [2.45, 2.75) is 38.5 Å². The number of rotatable bonds is 2. The van der Waals surface area contributed by atoms with Gasteiger partial charge >= 0.3 is 0 Å². The zero-order chi connectivity index (χ0) is 14.2. The van der Waals surface area contributed by atoms with E-state index in [0.717, 1.165) is 23.8 Å². The standard InChI is InChI=1S/C17H18N2OS/c20-16-6-3-9-19(16)17-18-15(11-21-17)14-8-7-12-4-1-2-5-13(12)10-14/h7-8,10-11H,1-6,9H2. The predicted octanol–water partition coefficient (Wildman–Crippen LogP) is 3.82. The number of hydrogen-bond donors (Lipinski definition) is 0. The number of thiazole rings is 1. The van der Waals surface area contributed by atoms with Gasteiger partial charge in [0.05, 0.1) is 5.69 Å². The van der Waals surface area contributed by atoms with E-state index in [-0.39, 0.29) is 5.91 Å². The predicted molar refractivity (Wildman–Crippen MR) is 85.8 cm³/mol. The Morgan fingerprint density at radius 1 is 1.05 bits per heavy atom. The van der Waals surface area contributed by atoms with E-state index in [9.17, 15) is 4.79 Å². The van der Waals surface area contributed by atoms with E-state index in [1.807, 2.05) is 4.90 Å². The van der Waals surface area contributed by atoms with Crippen molar-refractivity contribution in [3.05, 3.63) is 34.7 Å². The van der Waals surface area contributed by atoms with E-state index < -0.39 is 0 Å². The molecule has 2 aromatic rings. The van der Waals surface area contributed by atoms with Crippen molar-refractivity contribution in [1.82, 2.24) is 4.98 Å². The van der Waals surface area contributed by atoms with Gasteiger partial charge in [0.2, 0.25) is 5.91 Å². The third-order valence-corrected chi connectivity index (χ3v) is 5.30. The molecule has 3 nitrogen and oxygen atoms in total. The molecule has 2 aliphatic rings. The summed E-state index contributed by atoms with van der Waals surface area (Å²) in [6, 6.07) is 6.72. The summed E-state index contributed by atoms with van der Waals surface area (Å²) in [7, 11) is 0. The number of carbonyl (C=O) groups is 1. The maximum absolute atomic E-state index is 11.8. The second kappa shape index (κ2) is 5.26. The van der Waals surface area contributed by atoms with Crippen LogP contribution in [0.2, 0.25) is 0 Å². The molecular formula is C17H18N2OS. The molecule has 0 spiro atoms. The largest absolute Gasteiger partial charge is 0.288 e. The zero-order valence-corrected chi connectivity index (χ0v) is 12.8. The highest BCUT2D eigenvalue weighted by atomic mass is 32.1. The minimum atomic E-state index is 0.210. The Kier molecular flexibility index (Phi) is 3.26. The molecule has 0 bridgehead atoms. The summed E-state index contributed by atoms with van der Waals surface area (Å²) >= 11 is 1.58. The summed E-state index contributed by atoms with van der Waals surface area (Å²) in [5, 5.41) is 2.93. The SMILES string of the molecule is O=C1CCCN1c1nc(-c2ccc3c(c2)CCCC3)cs1. The highest BCUT2D eigenvalue weighted by Crippen LogP contribution is 2.32. The van der Waals surface area contributed by atoms with Crippen LogP contribution in [0.1, 0.15) is 36.8 Å². The van der Waals surface area contributed by atoms with Crippen LogP contribution in [-0.4, -0.2) is 17.4 Å². The van der Waals surface area contributed by atoms with Crippen LogP contribution in [0.5, 0.6) is 0 Å². The van der Waals surface area contributed by atoms with E-state index >= 15 is 0 Å². The summed E-state index contributed by atoms with van der Waals surface area (Å²) in [4.78, 5) is 18.3. The Balaban J connectivity index is 1.65. The van der Waals surface area contributed by atoms with Gasteiger partial charge in [-0.25, -0.2) is 4.98 Å². The second-order valence-corrected chi connectivity index (χ2v) is 6.69. The van der Waals surface area contributed by atoms with Crippen LogP contribution in [0.4, 0.5) is 5.13 Å². The van der Waals surface area contributed by atoms with Crippen LogP contribution < -0.4 is 4.90 Å². The molecule has 0 unspecified atom stereocenters. The lowest BCUT2D eigenvalue weighted by Crippen LogP contribution is -2.23. The first-order chi connectivity index (χ1) is 10.3. The van der Waals surface area contributed by atoms with E-state index in [1.165, 1.54) is 42.4 Å². The van der Waals surface area contributed by atoms with Crippen LogP contribution >= 0.6 is 11.3 Å². The molecule has 0 atom stereocenters. The molecule has 1 saturated heterocycles. The number of anilines is 1. The number of carbonyl (C=O) groups excluding carboxylic acids is 1. The Hall–Kier alpha value is -1.68. The third kappa shape index (κ3) is 2.38.